The molecule has 1 atom stereocenters. The molecule has 1 rings (SSSR count). The number of alkyl halides is 2. The number of benzene rings is 1. The minimum absolute atomic E-state index is 0.362. The van der Waals surface area contributed by atoms with Gasteiger partial charge < -0.3 is 0 Å². The minimum Gasteiger partial charge on any atom is -0.242 e. The molecule has 1 aromatic rings. The molecule has 1 N–H and O–H groups in total. The predicted molar refractivity (Wildman–Crippen MR) is 58.7 cm³/mol. The average Bonchev–Trinajstić information content (AvgIpc) is 2.21. The van der Waals surface area contributed by atoms with Crippen LogP contribution in [0.2, 0.25) is 0 Å². The highest BCUT2D eigenvalue weighted by molar-refractivity contribution is 7.60. The molecular weight excluding hydrogens is 205 g/mol. The highest BCUT2D eigenvalue weighted by Gasteiger charge is 2.27. The van der Waals surface area contributed by atoms with Crippen LogP contribution >= 0.6 is 8.15 Å². The number of aryl methyl sites for hydroxylation is 1. The standard InChI is InChI=1S/C8H9F2OP.C2H6/c1-6-2-4-7(5-3-6)12(11)8(9)10;1-2/h2-5,8,11H,1H3;1-2H3/p+1. The molecule has 1 aromatic carbocycles. The lowest BCUT2D eigenvalue weighted by Gasteiger charge is -2.00. The summed E-state index contributed by atoms with van der Waals surface area (Å²) in [6.07, 6.45) is -2.61. The van der Waals surface area contributed by atoms with Crippen LogP contribution in [0.3, 0.4) is 0 Å². The molecule has 1 nitrogen and oxygen atoms in total. The summed E-state index contributed by atoms with van der Waals surface area (Å²) in [5, 5.41) is 0.362. The van der Waals surface area contributed by atoms with Crippen molar-refractivity contribution in [3.63, 3.8) is 0 Å². The van der Waals surface area contributed by atoms with Crippen molar-refractivity contribution < 1.29 is 13.7 Å². The lowest BCUT2D eigenvalue weighted by molar-refractivity contribution is 0.234. The quantitative estimate of drug-likeness (QED) is 0.761. The summed E-state index contributed by atoms with van der Waals surface area (Å²) in [6.45, 7) is 5.87. The van der Waals surface area contributed by atoms with E-state index in [9.17, 15) is 8.78 Å². The monoisotopic (exact) mass is 221 g/mol. The van der Waals surface area contributed by atoms with Crippen LogP contribution in [0.25, 0.3) is 0 Å². The number of hydrogen-bond acceptors (Lipinski definition) is 1. The van der Waals surface area contributed by atoms with Crippen molar-refractivity contribution in [3.8, 4) is 0 Å². The largest absolute Gasteiger partial charge is 0.373 e. The topological polar surface area (TPSA) is 20.2 Å². The molecule has 0 saturated carbocycles. The Kier molecular flexibility index (Phi) is 6.60. The van der Waals surface area contributed by atoms with Crippen LogP contribution in [-0.4, -0.2) is 11.1 Å². The van der Waals surface area contributed by atoms with E-state index in [4.69, 9.17) is 4.89 Å². The molecule has 0 heterocycles. The maximum atomic E-state index is 12.0. The summed E-state index contributed by atoms with van der Waals surface area (Å²) in [4.78, 5) is 9.04. The first kappa shape index (κ1) is 13.5. The van der Waals surface area contributed by atoms with E-state index in [0.717, 1.165) is 5.56 Å². The molecule has 0 fully saturated rings. The lowest BCUT2D eigenvalue weighted by Crippen LogP contribution is -2.04. The summed E-state index contributed by atoms with van der Waals surface area (Å²) in [5.41, 5.74) is 1.00. The smallest absolute Gasteiger partial charge is 0.242 e. The van der Waals surface area contributed by atoms with Crippen LogP contribution in [0.1, 0.15) is 19.4 Å². The molecule has 0 saturated heterocycles. The van der Waals surface area contributed by atoms with Crippen LogP contribution < -0.4 is 5.30 Å². The molecule has 0 spiro atoms. The SMILES string of the molecule is CC.Cc1ccc([PH+](O)C(F)F)cc1. The Labute approximate surface area is 84.6 Å². The van der Waals surface area contributed by atoms with Crippen molar-refractivity contribution in [2.45, 2.75) is 26.9 Å². The van der Waals surface area contributed by atoms with Gasteiger partial charge in [0.15, 0.2) is 0 Å². The Hall–Kier alpha value is -0.530. The fourth-order valence-electron chi connectivity index (χ4n) is 0.850. The lowest BCUT2D eigenvalue weighted by atomic mass is 10.2. The van der Waals surface area contributed by atoms with Crippen LogP contribution in [0.5, 0.6) is 0 Å². The normalized spacial score (nSPS) is 11.9. The van der Waals surface area contributed by atoms with E-state index in [1.165, 1.54) is 0 Å². The number of rotatable bonds is 2. The van der Waals surface area contributed by atoms with Crippen LogP contribution in [-0.2, 0) is 0 Å². The fourth-order valence-corrected chi connectivity index (χ4v) is 1.61. The van der Waals surface area contributed by atoms with Gasteiger partial charge in [-0.05, 0) is 19.1 Å². The predicted octanol–water partition coefficient (Wildman–Crippen LogP) is 2.99. The summed E-state index contributed by atoms with van der Waals surface area (Å²) in [7, 11) is -2.63. The summed E-state index contributed by atoms with van der Waals surface area (Å²) in [6, 6.07) is 6.54. The third kappa shape index (κ3) is 4.12. The van der Waals surface area contributed by atoms with Gasteiger partial charge in [-0.15, -0.1) is 0 Å². The molecule has 0 aliphatic rings. The van der Waals surface area contributed by atoms with Crippen LogP contribution in [0, 0.1) is 6.92 Å². The molecule has 0 radical (unpaired) electrons. The summed E-state index contributed by atoms with van der Waals surface area (Å²) < 4.78 is 24.0. The van der Waals surface area contributed by atoms with E-state index in [0.29, 0.717) is 5.30 Å². The number of halogens is 2. The maximum Gasteiger partial charge on any atom is 0.373 e. The van der Waals surface area contributed by atoms with Crippen LogP contribution in [0.15, 0.2) is 24.3 Å². The highest BCUT2D eigenvalue weighted by atomic mass is 31.1. The zero-order valence-corrected chi connectivity index (χ0v) is 9.59. The Balaban J connectivity index is 0.000000791. The van der Waals surface area contributed by atoms with E-state index in [1.807, 2.05) is 20.8 Å². The molecule has 0 aliphatic heterocycles. The van der Waals surface area contributed by atoms with E-state index in [2.05, 4.69) is 0 Å². The molecule has 4 heteroatoms. The molecule has 1 unspecified atom stereocenters. The molecular formula is C10H16F2OP+. The Morgan fingerprint density at radius 1 is 1.14 bits per heavy atom. The molecule has 0 aromatic heterocycles. The maximum absolute atomic E-state index is 12.0. The highest BCUT2D eigenvalue weighted by Crippen LogP contribution is 2.36. The van der Waals surface area contributed by atoms with Gasteiger partial charge in [-0.25, -0.2) is 4.89 Å². The molecule has 0 aliphatic carbocycles. The van der Waals surface area contributed by atoms with Crippen molar-refractivity contribution in [3.05, 3.63) is 29.8 Å². The minimum atomic E-state index is -2.63. The Bertz CT molecular complexity index is 249. The van der Waals surface area contributed by atoms with Gasteiger partial charge in [-0.3, -0.25) is 0 Å². The fraction of sp³-hybridized carbons (Fsp3) is 0.400. The van der Waals surface area contributed by atoms with Gasteiger partial charge in [0.1, 0.15) is 5.30 Å². The number of hydrogen-bond donors (Lipinski definition) is 1. The first-order chi connectivity index (χ1) is 6.61. The van der Waals surface area contributed by atoms with Gasteiger partial charge in [0, 0.05) is 0 Å². The van der Waals surface area contributed by atoms with Crippen molar-refractivity contribution in [2.24, 2.45) is 0 Å². The zero-order valence-electron chi connectivity index (χ0n) is 8.59. The third-order valence-corrected chi connectivity index (χ3v) is 2.89. The van der Waals surface area contributed by atoms with E-state index < -0.39 is 14.3 Å². The van der Waals surface area contributed by atoms with Gasteiger partial charge in [0.05, 0.1) is 0 Å². The second kappa shape index (κ2) is 6.86. The second-order valence-corrected chi connectivity index (χ2v) is 4.34. The average molecular weight is 221 g/mol. The van der Waals surface area contributed by atoms with Gasteiger partial charge >= 0.3 is 6.17 Å². The van der Waals surface area contributed by atoms with Crippen molar-refractivity contribution in [1.29, 1.82) is 0 Å². The second-order valence-electron chi connectivity index (χ2n) is 2.55. The van der Waals surface area contributed by atoms with Gasteiger partial charge in [-0.2, -0.15) is 8.78 Å². The summed E-state index contributed by atoms with van der Waals surface area (Å²) in [5.74, 6) is 0. The molecule has 0 bridgehead atoms. The van der Waals surface area contributed by atoms with E-state index in [-0.39, 0.29) is 0 Å². The first-order valence-corrected chi connectivity index (χ1v) is 6.04. The van der Waals surface area contributed by atoms with Crippen molar-refractivity contribution in [2.75, 3.05) is 0 Å². The van der Waals surface area contributed by atoms with Gasteiger partial charge in [0.2, 0.25) is 8.15 Å². The van der Waals surface area contributed by atoms with E-state index >= 15 is 0 Å². The summed E-state index contributed by atoms with van der Waals surface area (Å²) >= 11 is 0. The Morgan fingerprint density at radius 2 is 1.57 bits per heavy atom. The van der Waals surface area contributed by atoms with Gasteiger partial charge in [0.25, 0.3) is 0 Å². The molecule has 0 amide bonds. The Morgan fingerprint density at radius 3 is 1.93 bits per heavy atom. The van der Waals surface area contributed by atoms with Crippen LogP contribution in [0.4, 0.5) is 8.78 Å². The third-order valence-electron chi connectivity index (χ3n) is 1.55. The zero-order chi connectivity index (χ0) is 11.1. The molecule has 14 heavy (non-hydrogen) atoms. The van der Waals surface area contributed by atoms with Crippen molar-refractivity contribution in [1.82, 2.24) is 0 Å². The van der Waals surface area contributed by atoms with Crippen molar-refractivity contribution >= 4 is 13.5 Å². The first-order valence-electron chi connectivity index (χ1n) is 4.52. The van der Waals surface area contributed by atoms with E-state index in [1.54, 1.807) is 24.3 Å². The van der Waals surface area contributed by atoms with Gasteiger partial charge in [-0.1, -0.05) is 31.5 Å². The molecule has 80 valence electrons.